The quantitative estimate of drug-likeness (QED) is 0.627. The van der Waals surface area contributed by atoms with Gasteiger partial charge >= 0.3 is 12.1 Å². The van der Waals surface area contributed by atoms with Gasteiger partial charge in [-0.05, 0) is 37.8 Å². The van der Waals surface area contributed by atoms with E-state index in [0.717, 1.165) is 12.8 Å². The highest BCUT2D eigenvalue weighted by molar-refractivity contribution is 6.19. The van der Waals surface area contributed by atoms with E-state index in [-0.39, 0.29) is 30.6 Å². The summed E-state index contributed by atoms with van der Waals surface area (Å²) in [7, 11) is 0. The number of imide groups is 1. The number of hydrogen-bond donors (Lipinski definition) is 1. The Balaban J connectivity index is 1.31. The van der Waals surface area contributed by atoms with Crippen LogP contribution in [-0.4, -0.2) is 59.5 Å². The number of nitrogens with one attached hydrogen (secondary N) is 1. The van der Waals surface area contributed by atoms with Gasteiger partial charge in [0.2, 0.25) is 0 Å². The summed E-state index contributed by atoms with van der Waals surface area (Å²) in [6.45, 7) is 1.35. The number of likely N-dealkylation sites (tertiary alicyclic amines) is 1. The number of carbonyl (C=O) groups is 3. The lowest BCUT2D eigenvalue weighted by molar-refractivity contribution is -0.116. The number of piperidine rings is 1. The summed E-state index contributed by atoms with van der Waals surface area (Å²) in [6.07, 6.45) is 8.47. The van der Waals surface area contributed by atoms with E-state index in [1.165, 1.54) is 30.6 Å². The Hall–Kier alpha value is -2.57. The maximum absolute atomic E-state index is 12.9. The molecule has 5 amide bonds. The number of carbonyl (C=O) groups excluding carboxylic acids is 3. The molecule has 0 unspecified atom stereocenters. The fourth-order valence-electron chi connectivity index (χ4n) is 4.71. The summed E-state index contributed by atoms with van der Waals surface area (Å²) in [5.41, 5.74) is 0.616. The fraction of sp³-hybridized carbons (Fsp3) is 0.591. The smallest absolute Gasteiger partial charge is 0.332 e. The third kappa shape index (κ3) is 4.38. The molecule has 1 aromatic carbocycles. The van der Waals surface area contributed by atoms with Gasteiger partial charge in [0, 0.05) is 25.2 Å². The Morgan fingerprint density at radius 3 is 2.21 bits per heavy atom. The number of anilines is 1. The van der Waals surface area contributed by atoms with Crippen molar-refractivity contribution in [2.24, 2.45) is 0 Å². The molecule has 1 N–H and O–H groups in total. The predicted octanol–water partition coefficient (Wildman–Crippen LogP) is 3.35. The van der Waals surface area contributed by atoms with Crippen LogP contribution in [0.3, 0.4) is 0 Å². The molecule has 0 aromatic heterocycles. The first-order valence-electron chi connectivity index (χ1n) is 10.9. The molecular formula is C22H30N4O3. The zero-order valence-electron chi connectivity index (χ0n) is 16.9. The first kappa shape index (κ1) is 19.7. The van der Waals surface area contributed by atoms with Crippen LogP contribution in [0.1, 0.15) is 51.4 Å². The van der Waals surface area contributed by atoms with Crippen molar-refractivity contribution in [3.05, 3.63) is 30.3 Å². The average Bonchev–Trinajstić information content (AvgIpc) is 2.89. The number of urea groups is 2. The van der Waals surface area contributed by atoms with Gasteiger partial charge in [0.15, 0.2) is 0 Å². The zero-order chi connectivity index (χ0) is 20.2. The van der Waals surface area contributed by atoms with Gasteiger partial charge in [0.1, 0.15) is 6.54 Å². The first-order valence-corrected chi connectivity index (χ1v) is 10.9. The van der Waals surface area contributed by atoms with Crippen LogP contribution in [0.5, 0.6) is 0 Å². The van der Waals surface area contributed by atoms with Crippen LogP contribution in [0.2, 0.25) is 0 Å². The number of amides is 5. The SMILES string of the molecule is O=C(NC1CCCCCC1)N1CCC(N2CC(=O)N(c3ccccc3)C2=O)CC1. The van der Waals surface area contributed by atoms with Crippen molar-refractivity contribution in [1.29, 1.82) is 0 Å². The molecule has 0 bridgehead atoms. The van der Waals surface area contributed by atoms with Crippen LogP contribution in [0.25, 0.3) is 0 Å². The molecule has 3 fully saturated rings. The van der Waals surface area contributed by atoms with Crippen LogP contribution >= 0.6 is 0 Å². The summed E-state index contributed by atoms with van der Waals surface area (Å²) in [6, 6.07) is 9.13. The average molecular weight is 399 g/mol. The van der Waals surface area contributed by atoms with Gasteiger partial charge in [0.25, 0.3) is 5.91 Å². The minimum atomic E-state index is -0.248. The van der Waals surface area contributed by atoms with Crippen molar-refractivity contribution >= 4 is 23.7 Å². The van der Waals surface area contributed by atoms with Gasteiger partial charge in [-0.2, -0.15) is 0 Å². The molecule has 2 saturated heterocycles. The first-order chi connectivity index (χ1) is 14.1. The molecule has 29 heavy (non-hydrogen) atoms. The second kappa shape index (κ2) is 8.84. The van der Waals surface area contributed by atoms with Gasteiger partial charge < -0.3 is 15.1 Å². The van der Waals surface area contributed by atoms with Crippen LogP contribution < -0.4 is 10.2 Å². The summed E-state index contributed by atoms with van der Waals surface area (Å²) >= 11 is 0. The van der Waals surface area contributed by atoms with Crippen molar-refractivity contribution in [2.75, 3.05) is 24.5 Å². The maximum Gasteiger partial charge on any atom is 0.332 e. The molecule has 3 aliphatic rings. The lowest BCUT2D eigenvalue weighted by atomic mass is 10.0. The number of benzene rings is 1. The second-order valence-corrected chi connectivity index (χ2v) is 8.33. The lowest BCUT2D eigenvalue weighted by Crippen LogP contribution is -2.52. The molecule has 0 radical (unpaired) electrons. The van der Waals surface area contributed by atoms with Crippen molar-refractivity contribution < 1.29 is 14.4 Å². The largest absolute Gasteiger partial charge is 0.335 e. The summed E-state index contributed by atoms with van der Waals surface area (Å²) in [4.78, 5) is 42.8. The molecule has 7 heteroatoms. The van der Waals surface area contributed by atoms with Crippen molar-refractivity contribution in [3.8, 4) is 0 Å². The van der Waals surface area contributed by atoms with E-state index >= 15 is 0 Å². The highest BCUT2D eigenvalue weighted by Crippen LogP contribution is 2.26. The van der Waals surface area contributed by atoms with E-state index in [2.05, 4.69) is 5.32 Å². The van der Waals surface area contributed by atoms with Gasteiger partial charge in [-0.1, -0.05) is 43.9 Å². The van der Waals surface area contributed by atoms with Crippen molar-refractivity contribution in [3.63, 3.8) is 0 Å². The van der Waals surface area contributed by atoms with Crippen LogP contribution in [0.15, 0.2) is 30.3 Å². The summed E-state index contributed by atoms with van der Waals surface area (Å²) in [5.74, 6) is -0.185. The zero-order valence-corrected chi connectivity index (χ0v) is 16.9. The molecule has 1 aromatic rings. The minimum absolute atomic E-state index is 0.00194. The molecule has 0 spiro atoms. The molecular weight excluding hydrogens is 368 g/mol. The molecule has 4 rings (SSSR count). The Labute approximate surface area is 172 Å². The lowest BCUT2D eigenvalue weighted by Gasteiger charge is -2.36. The number of rotatable bonds is 3. The molecule has 156 valence electrons. The monoisotopic (exact) mass is 398 g/mol. The third-order valence-corrected chi connectivity index (χ3v) is 6.38. The molecule has 7 nitrogen and oxygen atoms in total. The molecule has 1 saturated carbocycles. The van der Waals surface area contributed by atoms with E-state index in [4.69, 9.17) is 0 Å². The van der Waals surface area contributed by atoms with E-state index in [0.29, 0.717) is 37.7 Å². The van der Waals surface area contributed by atoms with Crippen molar-refractivity contribution in [1.82, 2.24) is 15.1 Å². The van der Waals surface area contributed by atoms with Gasteiger partial charge in [-0.25, -0.2) is 14.5 Å². The molecule has 1 aliphatic carbocycles. The number of para-hydroxylation sites is 1. The van der Waals surface area contributed by atoms with Crippen LogP contribution in [0.4, 0.5) is 15.3 Å². The highest BCUT2D eigenvalue weighted by Gasteiger charge is 2.41. The topological polar surface area (TPSA) is 73.0 Å². The Kier molecular flexibility index (Phi) is 6.02. The second-order valence-electron chi connectivity index (χ2n) is 8.33. The van der Waals surface area contributed by atoms with Crippen molar-refractivity contribution in [2.45, 2.75) is 63.5 Å². The van der Waals surface area contributed by atoms with E-state index < -0.39 is 0 Å². The summed E-state index contributed by atoms with van der Waals surface area (Å²) in [5, 5.41) is 3.20. The van der Waals surface area contributed by atoms with Crippen LogP contribution in [0, 0.1) is 0 Å². The predicted molar refractivity (Wildman–Crippen MR) is 111 cm³/mol. The standard InChI is InChI=1S/C22H30N4O3/c27-20-16-25(22(29)26(20)19-10-6-3-7-11-19)18-12-14-24(15-13-18)21(28)23-17-8-4-1-2-5-9-17/h3,6-7,10-11,17-18H,1-2,4-5,8-9,12-16H2,(H,23,28). The maximum atomic E-state index is 12.9. The summed E-state index contributed by atoms with van der Waals surface area (Å²) < 4.78 is 0. The molecule has 0 atom stereocenters. The molecule has 2 heterocycles. The van der Waals surface area contributed by atoms with E-state index in [9.17, 15) is 14.4 Å². The van der Waals surface area contributed by atoms with E-state index in [1.807, 2.05) is 23.1 Å². The minimum Gasteiger partial charge on any atom is -0.335 e. The normalized spacial score (nSPS) is 22.1. The highest BCUT2D eigenvalue weighted by atomic mass is 16.2. The van der Waals surface area contributed by atoms with Gasteiger partial charge in [0.05, 0.1) is 5.69 Å². The third-order valence-electron chi connectivity index (χ3n) is 6.38. The number of hydrogen-bond acceptors (Lipinski definition) is 3. The molecule has 2 aliphatic heterocycles. The van der Waals surface area contributed by atoms with E-state index in [1.54, 1.807) is 17.0 Å². The van der Waals surface area contributed by atoms with Gasteiger partial charge in [-0.3, -0.25) is 4.79 Å². The van der Waals surface area contributed by atoms with Crippen LogP contribution in [-0.2, 0) is 4.79 Å². The van der Waals surface area contributed by atoms with Gasteiger partial charge in [-0.15, -0.1) is 0 Å². The Morgan fingerprint density at radius 2 is 1.55 bits per heavy atom. The Bertz CT molecular complexity index is 738. The Morgan fingerprint density at radius 1 is 0.897 bits per heavy atom. The number of nitrogens with zero attached hydrogens (tertiary/aromatic N) is 3. The fourth-order valence-corrected chi connectivity index (χ4v) is 4.71.